The number of benzene rings is 1. The number of nitrogens with one attached hydrogen (secondary N) is 3. The highest BCUT2D eigenvalue weighted by Crippen LogP contribution is 2.22. The Bertz CT molecular complexity index is 461. The molecule has 0 bridgehead atoms. The van der Waals surface area contributed by atoms with Crippen molar-refractivity contribution in [2.24, 2.45) is 0 Å². The van der Waals surface area contributed by atoms with Crippen LogP contribution in [0.4, 0.5) is 10.1 Å². The predicted molar refractivity (Wildman–Crippen MR) is 75.1 cm³/mol. The molecule has 6 heteroatoms. The van der Waals surface area contributed by atoms with Gasteiger partial charge in [-0.3, -0.25) is 4.79 Å². The molecule has 1 atom stereocenters. The highest BCUT2D eigenvalue weighted by Gasteiger charge is 2.41. The summed E-state index contributed by atoms with van der Waals surface area (Å²) in [6.45, 7) is 2.19. The summed E-state index contributed by atoms with van der Waals surface area (Å²) in [5, 5.41) is 9.18. The Balaban J connectivity index is 2.07. The third-order valence-corrected chi connectivity index (χ3v) is 3.39. The van der Waals surface area contributed by atoms with E-state index in [0.717, 1.165) is 6.54 Å². The van der Waals surface area contributed by atoms with Crippen LogP contribution in [0.15, 0.2) is 24.3 Å². The molecule has 0 radical (unpaired) electrons. The van der Waals surface area contributed by atoms with Crippen molar-refractivity contribution in [2.45, 2.75) is 12.0 Å². The van der Waals surface area contributed by atoms with Gasteiger partial charge in [0.05, 0.1) is 6.61 Å². The number of hydrogen-bond donors (Lipinski definition) is 3. The Morgan fingerprint density at radius 3 is 3.05 bits per heavy atom. The van der Waals surface area contributed by atoms with Crippen molar-refractivity contribution in [1.29, 1.82) is 0 Å². The van der Waals surface area contributed by atoms with Crippen LogP contribution in [0.3, 0.4) is 0 Å². The molecule has 1 aliphatic rings. The number of ether oxygens (including phenoxy) is 1. The molecule has 1 saturated heterocycles. The van der Waals surface area contributed by atoms with Crippen LogP contribution in [0.5, 0.6) is 0 Å². The average Bonchev–Trinajstić information content (AvgIpc) is 2.89. The molecular weight excluding hydrogens is 261 g/mol. The van der Waals surface area contributed by atoms with Crippen molar-refractivity contribution < 1.29 is 13.9 Å². The number of rotatable bonds is 6. The van der Waals surface area contributed by atoms with E-state index in [1.54, 1.807) is 19.2 Å². The van der Waals surface area contributed by atoms with E-state index in [4.69, 9.17) is 4.74 Å². The molecule has 5 nitrogen and oxygen atoms in total. The molecule has 0 aliphatic carbocycles. The smallest absolute Gasteiger partial charge is 0.247 e. The third-order valence-electron chi connectivity index (χ3n) is 3.39. The topological polar surface area (TPSA) is 62.4 Å². The normalized spacial score (nSPS) is 21.7. The summed E-state index contributed by atoms with van der Waals surface area (Å²) in [7, 11) is 1.59. The van der Waals surface area contributed by atoms with Crippen LogP contribution in [0.1, 0.15) is 6.42 Å². The summed E-state index contributed by atoms with van der Waals surface area (Å²) >= 11 is 0. The zero-order valence-electron chi connectivity index (χ0n) is 11.5. The minimum Gasteiger partial charge on any atom is -0.383 e. The fourth-order valence-electron chi connectivity index (χ4n) is 2.33. The molecule has 2 rings (SSSR count). The standard InChI is InChI=1S/C14H20FN3O2/c1-20-8-7-17-13(19)14(5-6-16-10-14)18-12-4-2-3-11(15)9-12/h2-4,9,16,18H,5-8,10H2,1H3,(H,17,19). The van der Waals surface area contributed by atoms with Crippen molar-refractivity contribution in [3.63, 3.8) is 0 Å². The number of carbonyl (C=O) groups is 1. The van der Waals surface area contributed by atoms with Crippen LogP contribution in [0.25, 0.3) is 0 Å². The molecule has 0 spiro atoms. The Hall–Kier alpha value is -1.66. The minimum atomic E-state index is -0.735. The van der Waals surface area contributed by atoms with E-state index in [-0.39, 0.29) is 11.7 Å². The van der Waals surface area contributed by atoms with Crippen molar-refractivity contribution in [2.75, 3.05) is 38.7 Å². The van der Waals surface area contributed by atoms with Crippen molar-refractivity contribution in [1.82, 2.24) is 10.6 Å². The molecule has 1 aliphatic heterocycles. The maximum absolute atomic E-state index is 13.2. The SMILES string of the molecule is COCCNC(=O)C1(Nc2cccc(F)c2)CCNC1. The van der Waals surface area contributed by atoms with Gasteiger partial charge >= 0.3 is 0 Å². The lowest BCUT2D eigenvalue weighted by Gasteiger charge is -2.29. The van der Waals surface area contributed by atoms with Gasteiger partial charge in [0.15, 0.2) is 0 Å². The minimum absolute atomic E-state index is 0.0937. The van der Waals surface area contributed by atoms with Crippen LogP contribution < -0.4 is 16.0 Å². The van der Waals surface area contributed by atoms with Gasteiger partial charge in [-0.1, -0.05) is 6.07 Å². The largest absolute Gasteiger partial charge is 0.383 e. The van der Waals surface area contributed by atoms with Crippen molar-refractivity contribution in [3.8, 4) is 0 Å². The van der Waals surface area contributed by atoms with Gasteiger partial charge in [-0.05, 0) is 31.2 Å². The van der Waals surface area contributed by atoms with Gasteiger partial charge in [0.1, 0.15) is 11.4 Å². The van der Waals surface area contributed by atoms with Gasteiger partial charge in [0.25, 0.3) is 0 Å². The van der Waals surface area contributed by atoms with E-state index in [1.165, 1.54) is 12.1 Å². The first-order valence-corrected chi connectivity index (χ1v) is 6.68. The number of hydrogen-bond acceptors (Lipinski definition) is 4. The number of halogens is 1. The lowest BCUT2D eigenvalue weighted by atomic mass is 9.96. The fraction of sp³-hybridized carbons (Fsp3) is 0.500. The lowest BCUT2D eigenvalue weighted by Crippen LogP contribution is -2.54. The Kier molecular flexibility index (Phi) is 4.92. The summed E-state index contributed by atoms with van der Waals surface area (Å²) in [6, 6.07) is 6.15. The van der Waals surface area contributed by atoms with E-state index in [0.29, 0.717) is 31.8 Å². The second kappa shape index (κ2) is 6.67. The molecule has 3 N–H and O–H groups in total. The van der Waals surface area contributed by atoms with E-state index in [1.807, 2.05) is 0 Å². The van der Waals surface area contributed by atoms with Crippen LogP contribution in [0.2, 0.25) is 0 Å². The summed E-state index contributed by atoms with van der Waals surface area (Å²) in [5.74, 6) is -0.417. The zero-order valence-corrected chi connectivity index (χ0v) is 11.5. The average molecular weight is 281 g/mol. The molecule has 0 aromatic heterocycles. The number of methoxy groups -OCH3 is 1. The fourth-order valence-corrected chi connectivity index (χ4v) is 2.33. The van der Waals surface area contributed by atoms with Gasteiger partial charge in [-0.2, -0.15) is 0 Å². The highest BCUT2D eigenvalue weighted by atomic mass is 19.1. The Morgan fingerprint density at radius 2 is 2.40 bits per heavy atom. The molecule has 20 heavy (non-hydrogen) atoms. The lowest BCUT2D eigenvalue weighted by molar-refractivity contribution is -0.125. The maximum atomic E-state index is 13.2. The molecule has 1 fully saturated rings. The molecule has 1 unspecified atom stereocenters. The number of amides is 1. The molecule has 1 aromatic rings. The van der Waals surface area contributed by atoms with Crippen molar-refractivity contribution >= 4 is 11.6 Å². The highest BCUT2D eigenvalue weighted by molar-refractivity contribution is 5.90. The van der Waals surface area contributed by atoms with E-state index < -0.39 is 5.54 Å². The summed E-state index contributed by atoms with van der Waals surface area (Å²) in [6.07, 6.45) is 0.655. The van der Waals surface area contributed by atoms with Gasteiger partial charge in [-0.25, -0.2) is 4.39 Å². The van der Waals surface area contributed by atoms with Crippen molar-refractivity contribution in [3.05, 3.63) is 30.1 Å². The quantitative estimate of drug-likeness (QED) is 0.673. The van der Waals surface area contributed by atoms with Crippen LogP contribution in [-0.2, 0) is 9.53 Å². The van der Waals surface area contributed by atoms with Gasteiger partial charge in [0.2, 0.25) is 5.91 Å². The predicted octanol–water partition coefficient (Wildman–Crippen LogP) is 0.732. The van der Waals surface area contributed by atoms with Gasteiger partial charge in [-0.15, -0.1) is 0 Å². The van der Waals surface area contributed by atoms with E-state index >= 15 is 0 Å². The van der Waals surface area contributed by atoms with Crippen LogP contribution >= 0.6 is 0 Å². The first kappa shape index (κ1) is 14.7. The second-order valence-corrected chi connectivity index (χ2v) is 4.89. The summed E-state index contributed by atoms with van der Waals surface area (Å²) < 4.78 is 18.2. The molecule has 1 amide bonds. The Labute approximate surface area is 117 Å². The molecular formula is C14H20FN3O2. The zero-order chi connectivity index (χ0) is 14.4. The van der Waals surface area contributed by atoms with Crippen LogP contribution in [0, 0.1) is 5.82 Å². The van der Waals surface area contributed by atoms with Gasteiger partial charge < -0.3 is 20.7 Å². The first-order chi connectivity index (χ1) is 9.66. The second-order valence-electron chi connectivity index (χ2n) is 4.89. The maximum Gasteiger partial charge on any atom is 0.247 e. The third kappa shape index (κ3) is 3.46. The molecule has 0 saturated carbocycles. The monoisotopic (exact) mass is 281 g/mol. The molecule has 1 heterocycles. The summed E-state index contributed by atoms with van der Waals surface area (Å²) in [4.78, 5) is 12.4. The van der Waals surface area contributed by atoms with E-state index in [9.17, 15) is 9.18 Å². The molecule has 110 valence electrons. The Morgan fingerprint density at radius 1 is 1.55 bits per heavy atom. The molecule has 1 aromatic carbocycles. The van der Waals surface area contributed by atoms with Crippen LogP contribution in [-0.4, -0.2) is 44.8 Å². The van der Waals surface area contributed by atoms with E-state index in [2.05, 4.69) is 16.0 Å². The summed E-state index contributed by atoms with van der Waals surface area (Å²) in [5.41, 5.74) is -0.128. The first-order valence-electron chi connectivity index (χ1n) is 6.68. The van der Waals surface area contributed by atoms with Gasteiger partial charge in [0, 0.05) is 25.9 Å². The number of anilines is 1. The number of carbonyl (C=O) groups excluding carboxylic acids is 1.